The number of anilines is 1. The highest BCUT2D eigenvalue weighted by Gasteiger charge is 2.43. The number of amides is 2. The molecule has 0 spiro atoms. The second-order valence-corrected chi connectivity index (χ2v) is 8.51. The van der Waals surface area contributed by atoms with Crippen molar-refractivity contribution < 1.29 is 18.9 Å². The molecule has 1 saturated heterocycles. The number of carbonyl (C=O) groups excluding carboxylic acids is 2. The number of piperazine rings is 1. The van der Waals surface area contributed by atoms with Gasteiger partial charge in [-0.3, -0.25) is 19.7 Å². The van der Waals surface area contributed by atoms with Gasteiger partial charge < -0.3 is 19.5 Å². The molecule has 1 fully saturated rings. The van der Waals surface area contributed by atoms with E-state index in [0.717, 1.165) is 11.3 Å². The number of furan rings is 1. The Bertz CT molecular complexity index is 988. The molecular formula is C22H26N4O5. The van der Waals surface area contributed by atoms with Crippen LogP contribution in [0.4, 0.5) is 11.4 Å². The molecule has 164 valence electrons. The molecule has 0 radical (unpaired) electrons. The van der Waals surface area contributed by atoms with E-state index in [-0.39, 0.29) is 29.3 Å². The first-order valence-electron chi connectivity index (χ1n) is 10.5. The number of hydrogen-bond donors (Lipinski definition) is 1. The molecule has 2 atom stereocenters. The predicted molar refractivity (Wildman–Crippen MR) is 114 cm³/mol. The minimum atomic E-state index is -0.416. The Morgan fingerprint density at radius 2 is 2.10 bits per heavy atom. The highest BCUT2D eigenvalue weighted by atomic mass is 16.6. The SMILES string of the molecule is CC(C)CNC(=O)[C@@H]1Cc2cc([N+](=O)[O-])ccc2N2CCN(C(=O)c3ccco3)C[C@H]12. The van der Waals surface area contributed by atoms with Crippen LogP contribution < -0.4 is 10.2 Å². The summed E-state index contributed by atoms with van der Waals surface area (Å²) in [4.78, 5) is 40.6. The van der Waals surface area contributed by atoms with Crippen LogP contribution in [0.2, 0.25) is 0 Å². The van der Waals surface area contributed by atoms with Crippen LogP contribution in [0.1, 0.15) is 30.0 Å². The molecule has 2 amide bonds. The van der Waals surface area contributed by atoms with Crippen LogP contribution in [0, 0.1) is 22.0 Å². The summed E-state index contributed by atoms with van der Waals surface area (Å²) < 4.78 is 5.27. The van der Waals surface area contributed by atoms with Crippen LogP contribution in [0.25, 0.3) is 0 Å². The van der Waals surface area contributed by atoms with E-state index in [1.165, 1.54) is 12.3 Å². The molecule has 2 aliphatic rings. The Kier molecular flexibility index (Phi) is 5.67. The van der Waals surface area contributed by atoms with Crippen molar-refractivity contribution in [2.45, 2.75) is 26.3 Å². The molecule has 1 N–H and O–H groups in total. The van der Waals surface area contributed by atoms with Crippen molar-refractivity contribution in [3.8, 4) is 0 Å². The molecule has 2 aliphatic heterocycles. The number of nitrogens with zero attached hydrogens (tertiary/aromatic N) is 3. The van der Waals surface area contributed by atoms with Gasteiger partial charge in [0.2, 0.25) is 5.91 Å². The number of benzene rings is 1. The summed E-state index contributed by atoms with van der Waals surface area (Å²) in [6.07, 6.45) is 1.86. The highest BCUT2D eigenvalue weighted by Crippen LogP contribution is 2.38. The molecule has 1 aromatic carbocycles. The maximum Gasteiger partial charge on any atom is 0.289 e. The van der Waals surface area contributed by atoms with Crippen molar-refractivity contribution in [3.05, 3.63) is 58.0 Å². The molecule has 9 heteroatoms. The third-order valence-corrected chi connectivity index (χ3v) is 5.95. The number of rotatable bonds is 5. The van der Waals surface area contributed by atoms with Gasteiger partial charge in [0.25, 0.3) is 11.6 Å². The summed E-state index contributed by atoms with van der Waals surface area (Å²) in [5.41, 5.74) is 1.71. The van der Waals surface area contributed by atoms with Gasteiger partial charge in [0.15, 0.2) is 5.76 Å². The summed E-state index contributed by atoms with van der Waals surface area (Å²) in [7, 11) is 0. The lowest BCUT2D eigenvalue weighted by Gasteiger charge is -2.48. The van der Waals surface area contributed by atoms with Gasteiger partial charge in [0.1, 0.15) is 0 Å². The van der Waals surface area contributed by atoms with E-state index >= 15 is 0 Å². The van der Waals surface area contributed by atoms with Crippen molar-refractivity contribution in [2.24, 2.45) is 11.8 Å². The van der Waals surface area contributed by atoms with Crippen molar-refractivity contribution in [2.75, 3.05) is 31.1 Å². The van der Waals surface area contributed by atoms with Gasteiger partial charge in [0.05, 0.1) is 23.1 Å². The first-order chi connectivity index (χ1) is 14.8. The van der Waals surface area contributed by atoms with Gasteiger partial charge in [0, 0.05) is 44.0 Å². The van der Waals surface area contributed by atoms with E-state index < -0.39 is 10.8 Å². The zero-order chi connectivity index (χ0) is 22.1. The molecule has 0 saturated carbocycles. The molecule has 2 aromatic rings. The van der Waals surface area contributed by atoms with Gasteiger partial charge in [-0.15, -0.1) is 0 Å². The van der Waals surface area contributed by atoms with Crippen molar-refractivity contribution in [3.63, 3.8) is 0 Å². The lowest BCUT2D eigenvalue weighted by molar-refractivity contribution is -0.384. The van der Waals surface area contributed by atoms with E-state index in [4.69, 9.17) is 4.42 Å². The number of nitro benzene ring substituents is 1. The standard InChI is InChI=1S/C22H26N4O5/c1-14(2)12-23-21(27)17-11-15-10-16(26(29)30)5-6-18(15)25-8-7-24(13-19(17)25)22(28)20-4-3-9-31-20/h3-6,9-10,14,17,19H,7-8,11-13H2,1-2H3,(H,23,27)/t17-,19-/m1/s1. The second kappa shape index (κ2) is 8.41. The fourth-order valence-electron chi connectivity index (χ4n) is 4.40. The Morgan fingerprint density at radius 3 is 2.77 bits per heavy atom. The van der Waals surface area contributed by atoms with E-state index in [1.807, 2.05) is 13.8 Å². The average molecular weight is 426 g/mol. The zero-order valence-corrected chi connectivity index (χ0v) is 17.6. The van der Waals surface area contributed by atoms with Crippen LogP contribution in [-0.4, -0.2) is 53.9 Å². The van der Waals surface area contributed by atoms with E-state index in [1.54, 1.807) is 29.2 Å². The largest absolute Gasteiger partial charge is 0.459 e. The van der Waals surface area contributed by atoms with Crippen molar-refractivity contribution in [1.82, 2.24) is 10.2 Å². The fourth-order valence-corrected chi connectivity index (χ4v) is 4.40. The van der Waals surface area contributed by atoms with E-state index in [2.05, 4.69) is 10.2 Å². The maximum absolute atomic E-state index is 13.1. The molecule has 0 bridgehead atoms. The Balaban J connectivity index is 1.64. The van der Waals surface area contributed by atoms with E-state index in [0.29, 0.717) is 38.5 Å². The Labute approximate surface area is 180 Å². The summed E-state index contributed by atoms with van der Waals surface area (Å²) in [6.45, 7) is 6.00. The molecule has 4 rings (SSSR count). The lowest BCUT2D eigenvalue weighted by Crippen LogP contribution is -2.62. The molecule has 0 unspecified atom stereocenters. The lowest BCUT2D eigenvalue weighted by atomic mass is 9.83. The van der Waals surface area contributed by atoms with Crippen molar-refractivity contribution >= 4 is 23.2 Å². The molecule has 9 nitrogen and oxygen atoms in total. The van der Waals surface area contributed by atoms with Gasteiger partial charge in [-0.2, -0.15) is 0 Å². The minimum absolute atomic E-state index is 0.0187. The molecule has 1 aromatic heterocycles. The van der Waals surface area contributed by atoms with Crippen LogP contribution in [0.3, 0.4) is 0 Å². The number of nitrogens with one attached hydrogen (secondary N) is 1. The summed E-state index contributed by atoms with van der Waals surface area (Å²) in [5.74, 6) is -0.115. The summed E-state index contributed by atoms with van der Waals surface area (Å²) in [6, 6.07) is 7.91. The molecule has 3 heterocycles. The van der Waals surface area contributed by atoms with Crippen LogP contribution in [0.5, 0.6) is 0 Å². The van der Waals surface area contributed by atoms with Crippen LogP contribution in [-0.2, 0) is 11.2 Å². The number of carbonyl (C=O) groups is 2. The highest BCUT2D eigenvalue weighted by molar-refractivity contribution is 5.92. The summed E-state index contributed by atoms with van der Waals surface area (Å²) >= 11 is 0. The van der Waals surface area contributed by atoms with Gasteiger partial charge in [-0.05, 0) is 36.1 Å². The van der Waals surface area contributed by atoms with Crippen LogP contribution in [0.15, 0.2) is 41.0 Å². The number of fused-ring (bicyclic) bond motifs is 3. The third kappa shape index (κ3) is 4.12. The van der Waals surface area contributed by atoms with Gasteiger partial charge >= 0.3 is 0 Å². The Morgan fingerprint density at radius 1 is 1.29 bits per heavy atom. The third-order valence-electron chi connectivity index (χ3n) is 5.95. The summed E-state index contributed by atoms with van der Waals surface area (Å²) in [5, 5.41) is 14.3. The maximum atomic E-state index is 13.1. The number of nitro groups is 1. The Hall–Kier alpha value is -3.36. The first kappa shape index (κ1) is 20.9. The topological polar surface area (TPSA) is 109 Å². The van der Waals surface area contributed by atoms with Crippen LogP contribution >= 0.6 is 0 Å². The number of hydrogen-bond acceptors (Lipinski definition) is 6. The molecular weight excluding hydrogens is 400 g/mol. The zero-order valence-electron chi connectivity index (χ0n) is 17.6. The monoisotopic (exact) mass is 426 g/mol. The molecule has 31 heavy (non-hydrogen) atoms. The van der Waals surface area contributed by atoms with Gasteiger partial charge in [-0.1, -0.05) is 13.8 Å². The molecule has 0 aliphatic carbocycles. The normalized spacial score (nSPS) is 20.2. The average Bonchev–Trinajstić information content (AvgIpc) is 3.30. The first-order valence-corrected chi connectivity index (χ1v) is 10.5. The quantitative estimate of drug-likeness (QED) is 0.581. The minimum Gasteiger partial charge on any atom is -0.459 e. The number of non-ortho nitro benzene ring substituents is 1. The predicted octanol–water partition coefficient (Wildman–Crippen LogP) is 2.46. The fraction of sp³-hybridized carbons (Fsp3) is 0.455. The van der Waals surface area contributed by atoms with Gasteiger partial charge in [-0.25, -0.2) is 0 Å². The smallest absolute Gasteiger partial charge is 0.289 e. The second-order valence-electron chi connectivity index (χ2n) is 8.51. The van der Waals surface area contributed by atoms with Crippen molar-refractivity contribution in [1.29, 1.82) is 0 Å². The van der Waals surface area contributed by atoms with E-state index in [9.17, 15) is 19.7 Å².